The summed E-state index contributed by atoms with van der Waals surface area (Å²) < 4.78 is 13.4. The van der Waals surface area contributed by atoms with Gasteiger partial charge in [-0.2, -0.15) is 5.26 Å². The molecule has 0 aromatic heterocycles. The van der Waals surface area contributed by atoms with Crippen molar-refractivity contribution in [3.63, 3.8) is 0 Å². The summed E-state index contributed by atoms with van der Waals surface area (Å²) in [6, 6.07) is 11.0. The number of benzene rings is 2. The van der Waals surface area contributed by atoms with Crippen LogP contribution in [0.2, 0.25) is 0 Å². The molecule has 0 heterocycles. The van der Waals surface area contributed by atoms with Crippen molar-refractivity contribution in [3.05, 3.63) is 53.3 Å². The Hall–Kier alpha value is -2.38. The van der Waals surface area contributed by atoms with E-state index in [2.05, 4.69) is 0 Å². The first-order chi connectivity index (χ1) is 9.13. The predicted octanol–water partition coefficient (Wildman–Crippen LogP) is 2.57. The zero-order valence-corrected chi connectivity index (χ0v) is 10.2. The lowest BCUT2D eigenvalue weighted by molar-refractivity contribution is 0.477. The van der Waals surface area contributed by atoms with E-state index in [-0.39, 0.29) is 11.3 Å². The van der Waals surface area contributed by atoms with Crippen LogP contribution >= 0.6 is 0 Å². The Morgan fingerprint density at radius 3 is 2.68 bits per heavy atom. The normalized spacial score (nSPS) is 10.2. The largest absolute Gasteiger partial charge is 0.507 e. The van der Waals surface area contributed by atoms with Crippen LogP contribution in [0.5, 0.6) is 5.75 Å². The molecule has 2 aromatic rings. The van der Waals surface area contributed by atoms with Crippen LogP contribution in [-0.4, -0.2) is 11.7 Å². The molecule has 0 radical (unpaired) electrons. The highest BCUT2D eigenvalue weighted by atomic mass is 19.1. The molecule has 3 nitrogen and oxygen atoms in total. The minimum atomic E-state index is -0.502. The number of hydrogen-bond acceptors (Lipinski definition) is 3. The maximum absolute atomic E-state index is 13.4. The Morgan fingerprint density at radius 2 is 2.00 bits per heavy atom. The van der Waals surface area contributed by atoms with Crippen molar-refractivity contribution < 1.29 is 9.50 Å². The third kappa shape index (κ3) is 2.90. The molecular formula is C15H13FN2O. The third-order valence-electron chi connectivity index (χ3n) is 2.83. The second kappa shape index (κ2) is 5.51. The lowest BCUT2D eigenvalue weighted by Crippen LogP contribution is -2.02. The van der Waals surface area contributed by atoms with Gasteiger partial charge in [0.15, 0.2) is 0 Å². The first kappa shape index (κ1) is 13.1. The van der Waals surface area contributed by atoms with Crippen molar-refractivity contribution in [2.24, 2.45) is 5.73 Å². The summed E-state index contributed by atoms with van der Waals surface area (Å²) in [5.41, 5.74) is 7.65. The highest BCUT2D eigenvalue weighted by Crippen LogP contribution is 2.31. The number of nitrogens with two attached hydrogens (primary N) is 1. The van der Waals surface area contributed by atoms with Gasteiger partial charge in [0.05, 0.1) is 11.6 Å². The topological polar surface area (TPSA) is 70.0 Å². The third-order valence-corrected chi connectivity index (χ3v) is 2.83. The summed E-state index contributed by atoms with van der Waals surface area (Å²) in [5.74, 6) is -0.451. The van der Waals surface area contributed by atoms with Crippen LogP contribution in [-0.2, 0) is 6.42 Å². The van der Waals surface area contributed by atoms with Crippen molar-refractivity contribution in [1.29, 1.82) is 5.26 Å². The fourth-order valence-corrected chi connectivity index (χ4v) is 1.95. The molecule has 2 aromatic carbocycles. The monoisotopic (exact) mass is 256 g/mol. The van der Waals surface area contributed by atoms with Crippen LogP contribution in [0.1, 0.15) is 11.1 Å². The first-order valence-corrected chi connectivity index (χ1v) is 5.87. The summed E-state index contributed by atoms with van der Waals surface area (Å²) in [5, 5.41) is 18.7. The summed E-state index contributed by atoms with van der Waals surface area (Å²) in [4.78, 5) is 0. The second-order valence-electron chi connectivity index (χ2n) is 4.23. The molecule has 0 saturated carbocycles. The number of aromatic hydroxyl groups is 1. The van der Waals surface area contributed by atoms with E-state index in [1.165, 1.54) is 6.07 Å². The highest BCUT2D eigenvalue weighted by molar-refractivity contribution is 5.72. The molecule has 3 N–H and O–H groups in total. The summed E-state index contributed by atoms with van der Waals surface area (Å²) in [6.07, 6.45) is 0.674. The van der Waals surface area contributed by atoms with Crippen LogP contribution in [0.15, 0.2) is 36.4 Å². The molecule has 0 fully saturated rings. The fraction of sp³-hybridized carbons (Fsp3) is 0.133. The van der Waals surface area contributed by atoms with Crippen LogP contribution in [0.3, 0.4) is 0 Å². The zero-order valence-electron chi connectivity index (χ0n) is 10.2. The van der Waals surface area contributed by atoms with E-state index < -0.39 is 5.82 Å². The highest BCUT2D eigenvalue weighted by Gasteiger charge is 2.08. The average Bonchev–Trinajstić information content (AvgIpc) is 2.40. The van der Waals surface area contributed by atoms with Gasteiger partial charge in [-0.3, -0.25) is 0 Å². The van der Waals surface area contributed by atoms with E-state index >= 15 is 0 Å². The van der Waals surface area contributed by atoms with E-state index in [0.717, 1.165) is 11.6 Å². The van der Waals surface area contributed by atoms with Crippen molar-refractivity contribution in [2.45, 2.75) is 6.42 Å². The van der Waals surface area contributed by atoms with Gasteiger partial charge >= 0.3 is 0 Å². The number of nitriles is 1. The van der Waals surface area contributed by atoms with Gasteiger partial charge in [-0.1, -0.05) is 6.07 Å². The lowest BCUT2D eigenvalue weighted by atomic mass is 9.99. The Labute approximate surface area is 110 Å². The second-order valence-corrected chi connectivity index (χ2v) is 4.23. The molecule has 0 aliphatic rings. The molecule has 19 heavy (non-hydrogen) atoms. The Balaban J connectivity index is 2.54. The van der Waals surface area contributed by atoms with Crippen molar-refractivity contribution in [3.8, 4) is 22.9 Å². The van der Waals surface area contributed by atoms with E-state index in [9.17, 15) is 9.50 Å². The van der Waals surface area contributed by atoms with Crippen molar-refractivity contribution in [1.82, 2.24) is 0 Å². The number of rotatable bonds is 3. The number of phenols is 1. The molecule has 0 aliphatic heterocycles. The molecule has 0 aliphatic carbocycles. The number of phenolic OH excluding ortho intramolecular Hbond substituents is 1. The van der Waals surface area contributed by atoms with E-state index in [1.54, 1.807) is 24.3 Å². The Morgan fingerprint density at radius 1 is 1.21 bits per heavy atom. The maximum Gasteiger partial charge on any atom is 0.125 e. The Kier molecular flexibility index (Phi) is 3.79. The molecule has 0 saturated heterocycles. The number of nitrogens with zero attached hydrogens (tertiary/aromatic N) is 1. The molecule has 0 amide bonds. The molecule has 0 atom stereocenters. The van der Waals surface area contributed by atoms with Gasteiger partial charge < -0.3 is 10.8 Å². The average molecular weight is 256 g/mol. The quantitative estimate of drug-likeness (QED) is 0.886. The summed E-state index contributed by atoms with van der Waals surface area (Å²) in [6.45, 7) is 0.497. The minimum absolute atomic E-state index is 0.0512. The maximum atomic E-state index is 13.4. The van der Waals surface area contributed by atoms with E-state index in [1.807, 2.05) is 6.07 Å². The van der Waals surface area contributed by atoms with Gasteiger partial charge in [0, 0.05) is 5.56 Å². The number of halogens is 1. The molecular weight excluding hydrogens is 243 g/mol. The Bertz CT molecular complexity index is 647. The smallest absolute Gasteiger partial charge is 0.125 e. The zero-order chi connectivity index (χ0) is 13.8. The molecule has 2 rings (SSSR count). The minimum Gasteiger partial charge on any atom is -0.507 e. The summed E-state index contributed by atoms with van der Waals surface area (Å²) in [7, 11) is 0. The summed E-state index contributed by atoms with van der Waals surface area (Å²) >= 11 is 0. The standard InChI is InChI=1S/C15H13FN2O/c16-13-6-11(9-18)5-12(8-13)14-7-10(3-4-17)1-2-15(14)19/h1-2,5-8,19H,3-4,17H2. The van der Waals surface area contributed by atoms with Gasteiger partial charge in [-0.05, 0) is 54.4 Å². The number of hydrogen-bond donors (Lipinski definition) is 2. The van der Waals surface area contributed by atoms with E-state index in [0.29, 0.717) is 24.1 Å². The van der Waals surface area contributed by atoms with Gasteiger partial charge in [0.25, 0.3) is 0 Å². The van der Waals surface area contributed by atoms with E-state index in [4.69, 9.17) is 11.0 Å². The fourth-order valence-electron chi connectivity index (χ4n) is 1.95. The first-order valence-electron chi connectivity index (χ1n) is 5.87. The molecule has 0 bridgehead atoms. The van der Waals surface area contributed by atoms with Gasteiger partial charge in [0.2, 0.25) is 0 Å². The van der Waals surface area contributed by atoms with Crippen LogP contribution in [0.4, 0.5) is 4.39 Å². The van der Waals surface area contributed by atoms with Gasteiger partial charge in [0.1, 0.15) is 11.6 Å². The molecule has 96 valence electrons. The SMILES string of the molecule is N#Cc1cc(F)cc(-c2cc(CCN)ccc2O)c1. The van der Waals surface area contributed by atoms with Crippen molar-refractivity contribution >= 4 is 0 Å². The predicted molar refractivity (Wildman–Crippen MR) is 71.0 cm³/mol. The van der Waals surface area contributed by atoms with Gasteiger partial charge in [-0.25, -0.2) is 4.39 Å². The molecule has 4 heteroatoms. The lowest BCUT2D eigenvalue weighted by Gasteiger charge is -2.08. The van der Waals surface area contributed by atoms with Crippen LogP contribution < -0.4 is 5.73 Å². The van der Waals surface area contributed by atoms with Crippen molar-refractivity contribution in [2.75, 3.05) is 6.54 Å². The van der Waals surface area contributed by atoms with Gasteiger partial charge in [-0.15, -0.1) is 0 Å². The molecule has 0 spiro atoms. The molecule has 0 unspecified atom stereocenters. The van der Waals surface area contributed by atoms with Crippen LogP contribution in [0, 0.1) is 17.1 Å². The van der Waals surface area contributed by atoms with Crippen LogP contribution in [0.25, 0.3) is 11.1 Å².